The van der Waals surface area contributed by atoms with Gasteiger partial charge < -0.3 is 9.84 Å². The second kappa shape index (κ2) is 8.10. The molecule has 2 nitrogen and oxygen atoms in total. The number of hydrogen-bond acceptors (Lipinski definition) is 4. The molecule has 0 radical (unpaired) electrons. The maximum atomic E-state index is 9.90. The first kappa shape index (κ1) is 14.3. The van der Waals surface area contributed by atoms with Crippen LogP contribution >= 0.6 is 23.5 Å². The molecule has 0 saturated carbocycles. The summed E-state index contributed by atoms with van der Waals surface area (Å²) in [5.41, 5.74) is 1.19. The van der Waals surface area contributed by atoms with Gasteiger partial charge in [-0.05, 0) is 18.4 Å². The fourth-order valence-corrected chi connectivity index (χ4v) is 4.84. The summed E-state index contributed by atoms with van der Waals surface area (Å²) in [6.45, 7) is 1.28. The Morgan fingerprint density at radius 3 is 2.67 bits per heavy atom. The van der Waals surface area contributed by atoms with E-state index >= 15 is 0 Å². The van der Waals surface area contributed by atoms with Crippen LogP contribution in [0.3, 0.4) is 0 Å². The number of ether oxygens (including phenoxy) is 1. The summed E-state index contributed by atoms with van der Waals surface area (Å²) in [5, 5.41) is 9.90. The van der Waals surface area contributed by atoms with Gasteiger partial charge in [0.25, 0.3) is 0 Å². The van der Waals surface area contributed by atoms with E-state index in [0.29, 0.717) is 17.8 Å². The molecule has 0 aliphatic carbocycles. The predicted octanol–water partition coefficient (Wildman–Crippen LogP) is 3.15. The van der Waals surface area contributed by atoms with E-state index in [0.717, 1.165) is 12.8 Å². The zero-order valence-electron chi connectivity index (χ0n) is 10.5. The van der Waals surface area contributed by atoms with E-state index in [4.69, 9.17) is 4.74 Å². The van der Waals surface area contributed by atoms with Gasteiger partial charge in [-0.1, -0.05) is 30.3 Å². The van der Waals surface area contributed by atoms with Crippen molar-refractivity contribution in [3.05, 3.63) is 35.9 Å². The minimum Gasteiger partial charge on any atom is -0.393 e. The molecule has 1 aliphatic heterocycles. The molecule has 0 unspecified atom stereocenters. The molecule has 1 saturated heterocycles. The van der Waals surface area contributed by atoms with Crippen molar-refractivity contribution in [3.8, 4) is 0 Å². The Kier molecular flexibility index (Phi) is 6.41. The van der Waals surface area contributed by atoms with Gasteiger partial charge in [0.1, 0.15) is 0 Å². The molecule has 0 amide bonds. The molecule has 2 rings (SSSR count). The van der Waals surface area contributed by atoms with Crippen molar-refractivity contribution in [2.75, 3.05) is 18.1 Å². The number of benzene rings is 1. The molecule has 100 valence electrons. The van der Waals surface area contributed by atoms with E-state index in [2.05, 4.69) is 12.1 Å². The Bertz CT molecular complexity index is 326. The Morgan fingerprint density at radius 1 is 1.22 bits per heavy atom. The number of aliphatic hydroxyl groups is 1. The normalized spacial score (nSPS) is 18.1. The van der Waals surface area contributed by atoms with Crippen LogP contribution < -0.4 is 0 Å². The molecule has 1 N–H and O–H groups in total. The van der Waals surface area contributed by atoms with Gasteiger partial charge in [-0.15, -0.1) is 23.5 Å². The van der Waals surface area contributed by atoms with Crippen molar-refractivity contribution in [1.29, 1.82) is 0 Å². The second-order valence-corrected chi connectivity index (χ2v) is 7.31. The van der Waals surface area contributed by atoms with Gasteiger partial charge in [0.2, 0.25) is 0 Å². The summed E-state index contributed by atoms with van der Waals surface area (Å²) in [6, 6.07) is 10.2. The third kappa shape index (κ3) is 5.22. The van der Waals surface area contributed by atoms with Gasteiger partial charge in [-0.3, -0.25) is 0 Å². The average Bonchev–Trinajstić information content (AvgIpc) is 2.89. The lowest BCUT2D eigenvalue weighted by Crippen LogP contribution is -2.14. The van der Waals surface area contributed by atoms with Crippen LogP contribution in [0.2, 0.25) is 0 Å². The van der Waals surface area contributed by atoms with Crippen LogP contribution in [-0.4, -0.2) is 33.9 Å². The third-order valence-corrected chi connectivity index (χ3v) is 5.95. The quantitative estimate of drug-likeness (QED) is 0.779. The minimum atomic E-state index is -0.219. The lowest BCUT2D eigenvalue weighted by atomic mass is 10.2. The highest BCUT2D eigenvalue weighted by Gasteiger charge is 2.19. The number of thioether (sulfide) groups is 2. The van der Waals surface area contributed by atoms with E-state index in [1.807, 2.05) is 41.7 Å². The van der Waals surface area contributed by atoms with Crippen LogP contribution in [-0.2, 0) is 11.3 Å². The average molecular weight is 284 g/mol. The van der Waals surface area contributed by atoms with Crippen molar-refractivity contribution < 1.29 is 9.84 Å². The molecular weight excluding hydrogens is 264 g/mol. The fraction of sp³-hybridized carbons (Fsp3) is 0.571. The summed E-state index contributed by atoms with van der Waals surface area (Å²) in [5.74, 6) is 2.46. The predicted molar refractivity (Wildman–Crippen MR) is 80.0 cm³/mol. The van der Waals surface area contributed by atoms with E-state index in [1.165, 1.54) is 17.1 Å². The maximum absolute atomic E-state index is 9.90. The van der Waals surface area contributed by atoms with Gasteiger partial charge >= 0.3 is 0 Å². The number of rotatable bonds is 7. The molecule has 1 fully saturated rings. The first-order valence-corrected chi connectivity index (χ1v) is 8.47. The van der Waals surface area contributed by atoms with Crippen LogP contribution in [0.25, 0.3) is 0 Å². The SMILES string of the molecule is O[C@@H](CCOCc1ccccc1)CC1SCCS1. The highest BCUT2D eigenvalue weighted by atomic mass is 32.2. The molecule has 4 heteroatoms. The summed E-state index contributed by atoms with van der Waals surface area (Å²) >= 11 is 3.94. The van der Waals surface area contributed by atoms with Crippen molar-refractivity contribution >= 4 is 23.5 Å². The van der Waals surface area contributed by atoms with Gasteiger partial charge in [0, 0.05) is 18.1 Å². The lowest BCUT2D eigenvalue weighted by molar-refractivity contribution is 0.0718. The van der Waals surface area contributed by atoms with Crippen molar-refractivity contribution in [2.45, 2.75) is 30.1 Å². The minimum absolute atomic E-state index is 0.219. The summed E-state index contributed by atoms with van der Waals surface area (Å²) in [7, 11) is 0. The molecular formula is C14H20O2S2. The molecule has 1 aliphatic rings. The van der Waals surface area contributed by atoms with Crippen LogP contribution in [0.5, 0.6) is 0 Å². The van der Waals surface area contributed by atoms with Crippen molar-refractivity contribution in [1.82, 2.24) is 0 Å². The standard InChI is InChI=1S/C14H20O2S2/c15-13(10-14-17-8-9-18-14)6-7-16-11-12-4-2-1-3-5-12/h1-5,13-15H,6-11H2/t13-/m0/s1. The fourth-order valence-electron chi connectivity index (χ4n) is 1.87. The lowest BCUT2D eigenvalue weighted by Gasteiger charge is -2.14. The van der Waals surface area contributed by atoms with Crippen LogP contribution in [0.15, 0.2) is 30.3 Å². The topological polar surface area (TPSA) is 29.5 Å². The first-order chi connectivity index (χ1) is 8.84. The Labute approximate surface area is 117 Å². The summed E-state index contributed by atoms with van der Waals surface area (Å²) in [4.78, 5) is 0. The highest BCUT2D eigenvalue weighted by molar-refractivity contribution is 8.20. The van der Waals surface area contributed by atoms with Crippen molar-refractivity contribution in [3.63, 3.8) is 0 Å². The first-order valence-electron chi connectivity index (χ1n) is 6.37. The molecule has 1 heterocycles. The third-order valence-electron chi connectivity index (χ3n) is 2.86. The Morgan fingerprint density at radius 2 is 1.94 bits per heavy atom. The molecule has 18 heavy (non-hydrogen) atoms. The zero-order chi connectivity index (χ0) is 12.6. The smallest absolute Gasteiger partial charge is 0.0716 e. The Balaban J connectivity index is 1.54. The molecule has 1 aromatic carbocycles. The molecule has 1 aromatic rings. The molecule has 0 spiro atoms. The molecule has 0 aromatic heterocycles. The largest absolute Gasteiger partial charge is 0.393 e. The van der Waals surface area contributed by atoms with Crippen LogP contribution in [0.4, 0.5) is 0 Å². The Hall–Kier alpha value is -0.160. The molecule has 0 bridgehead atoms. The van der Waals surface area contributed by atoms with E-state index in [-0.39, 0.29) is 6.10 Å². The summed E-state index contributed by atoms with van der Waals surface area (Å²) in [6.07, 6.45) is 1.41. The van der Waals surface area contributed by atoms with Gasteiger partial charge in [-0.2, -0.15) is 0 Å². The van der Waals surface area contributed by atoms with Gasteiger partial charge in [0.15, 0.2) is 0 Å². The summed E-state index contributed by atoms with van der Waals surface area (Å²) < 4.78 is 6.17. The van der Waals surface area contributed by atoms with E-state index < -0.39 is 0 Å². The monoisotopic (exact) mass is 284 g/mol. The highest BCUT2D eigenvalue weighted by Crippen LogP contribution is 2.35. The van der Waals surface area contributed by atoms with Gasteiger partial charge in [-0.25, -0.2) is 0 Å². The van der Waals surface area contributed by atoms with Crippen molar-refractivity contribution in [2.24, 2.45) is 0 Å². The van der Waals surface area contributed by atoms with Crippen LogP contribution in [0.1, 0.15) is 18.4 Å². The van der Waals surface area contributed by atoms with Gasteiger partial charge in [0.05, 0.1) is 17.3 Å². The molecule has 1 atom stereocenters. The maximum Gasteiger partial charge on any atom is 0.0716 e. The zero-order valence-corrected chi connectivity index (χ0v) is 12.1. The van der Waals surface area contributed by atoms with E-state index in [9.17, 15) is 5.11 Å². The van der Waals surface area contributed by atoms with E-state index in [1.54, 1.807) is 0 Å². The second-order valence-electron chi connectivity index (χ2n) is 4.39. The number of hydrogen-bond donors (Lipinski definition) is 1. The number of aliphatic hydroxyl groups excluding tert-OH is 1. The van der Waals surface area contributed by atoms with Crippen LogP contribution in [0, 0.1) is 0 Å².